The van der Waals surface area contributed by atoms with Crippen LogP contribution in [0.5, 0.6) is 5.75 Å². The van der Waals surface area contributed by atoms with Gasteiger partial charge in [0.05, 0.1) is 14.7 Å². The first-order valence-electron chi connectivity index (χ1n) is 8.14. The molecule has 1 heterocycles. The number of sulfone groups is 1. The van der Waals surface area contributed by atoms with Crippen LogP contribution in [0.15, 0.2) is 75.5 Å². The molecule has 0 atom stereocenters. The first-order chi connectivity index (χ1) is 13.8. The fourth-order valence-electron chi connectivity index (χ4n) is 2.71. The van der Waals surface area contributed by atoms with Crippen molar-refractivity contribution in [3.05, 3.63) is 94.6 Å². The summed E-state index contributed by atoms with van der Waals surface area (Å²) in [6, 6.07) is 15.1. The number of benzene rings is 3. The van der Waals surface area contributed by atoms with Crippen molar-refractivity contribution in [2.24, 2.45) is 0 Å². The Morgan fingerprint density at radius 1 is 0.724 bits per heavy atom. The average molecular weight is 438 g/mol. The number of ether oxygens (including phenoxy) is 1. The maximum Gasteiger partial charge on any atom is 0.240 e. The van der Waals surface area contributed by atoms with Gasteiger partial charge >= 0.3 is 0 Å². The van der Waals surface area contributed by atoms with E-state index in [-0.39, 0.29) is 9.80 Å². The van der Waals surface area contributed by atoms with Crippen LogP contribution in [0.3, 0.4) is 0 Å². The highest BCUT2D eigenvalue weighted by molar-refractivity contribution is 8.09. The lowest BCUT2D eigenvalue weighted by molar-refractivity contribution is 0.346. The first-order valence-corrected chi connectivity index (χ1v) is 10.4. The van der Waals surface area contributed by atoms with E-state index in [1.54, 1.807) is 24.3 Å². The number of hydrogen-bond donors (Lipinski definition) is 0. The van der Waals surface area contributed by atoms with Crippen LogP contribution in [0.25, 0.3) is 4.91 Å². The number of rotatable bonds is 3. The second-order valence-electron chi connectivity index (χ2n) is 5.92. The fraction of sp³-hybridized carbons (Fsp3) is 0. The minimum Gasteiger partial charge on any atom is -0.439 e. The molecule has 0 amide bonds. The summed E-state index contributed by atoms with van der Waals surface area (Å²) in [4.78, 5) is -0.908. The maximum atomic E-state index is 14.3. The van der Waals surface area contributed by atoms with Crippen LogP contribution in [0.4, 0.5) is 17.6 Å². The summed E-state index contributed by atoms with van der Waals surface area (Å²) in [7, 11) is -4.32. The monoisotopic (exact) mass is 438 g/mol. The molecule has 148 valence electrons. The maximum absolute atomic E-state index is 14.3. The first kappa shape index (κ1) is 19.5. The predicted octanol–water partition coefficient (Wildman–Crippen LogP) is 5.53. The van der Waals surface area contributed by atoms with E-state index in [0.29, 0.717) is 17.3 Å². The molecule has 0 saturated carbocycles. The van der Waals surface area contributed by atoms with Crippen molar-refractivity contribution in [1.82, 2.24) is 0 Å². The molecule has 3 nitrogen and oxygen atoms in total. The number of fused-ring (bicyclic) bond motifs is 1. The minimum atomic E-state index is -4.32. The highest BCUT2D eigenvalue weighted by Crippen LogP contribution is 2.51. The van der Waals surface area contributed by atoms with Gasteiger partial charge in [-0.3, -0.25) is 0 Å². The Morgan fingerprint density at radius 2 is 1.28 bits per heavy atom. The molecular formula is C20H10F4O3S2. The van der Waals surface area contributed by atoms with Gasteiger partial charge in [-0.2, -0.15) is 4.39 Å². The van der Waals surface area contributed by atoms with Gasteiger partial charge in [-0.25, -0.2) is 21.6 Å². The van der Waals surface area contributed by atoms with Gasteiger partial charge in [0.2, 0.25) is 26.6 Å². The quantitative estimate of drug-likeness (QED) is 0.307. The normalized spacial score (nSPS) is 13.8. The Kier molecular flexibility index (Phi) is 4.87. The lowest BCUT2D eigenvalue weighted by Gasteiger charge is -2.24. The van der Waals surface area contributed by atoms with Crippen LogP contribution in [0, 0.1) is 23.3 Å². The van der Waals surface area contributed by atoms with Crippen molar-refractivity contribution in [2.45, 2.75) is 9.79 Å². The summed E-state index contributed by atoms with van der Waals surface area (Å²) >= 11 is 0.457. The zero-order chi connectivity index (χ0) is 20.8. The van der Waals surface area contributed by atoms with Gasteiger partial charge in [-0.05, 0) is 17.7 Å². The third-order valence-corrected chi connectivity index (χ3v) is 7.09. The second kappa shape index (κ2) is 7.23. The predicted molar refractivity (Wildman–Crippen MR) is 99.7 cm³/mol. The van der Waals surface area contributed by atoms with Gasteiger partial charge < -0.3 is 4.74 Å². The topological polar surface area (TPSA) is 43.4 Å². The Morgan fingerprint density at radius 3 is 1.90 bits per heavy atom. The van der Waals surface area contributed by atoms with Gasteiger partial charge in [0.15, 0.2) is 17.4 Å². The van der Waals surface area contributed by atoms with Crippen molar-refractivity contribution in [3.63, 3.8) is 0 Å². The standard InChI is InChI=1S/C20H10F4O3S2/c21-13-14(22)16(24)19-17(15(13)23)27-20(18(28-19)11-7-3-1-4-8-11)29(25,26)12-9-5-2-6-10-12/h1-10H. The third kappa shape index (κ3) is 3.20. The van der Waals surface area contributed by atoms with E-state index in [4.69, 9.17) is 4.74 Å². The molecule has 4 rings (SSSR count). The molecule has 0 unspecified atom stereocenters. The Labute approximate surface area is 167 Å². The highest BCUT2D eigenvalue weighted by atomic mass is 32.2. The summed E-state index contributed by atoms with van der Waals surface area (Å²) in [5.74, 6) is -8.56. The number of thioether (sulfide) groups is 1. The summed E-state index contributed by atoms with van der Waals surface area (Å²) in [5, 5.41) is -0.697. The van der Waals surface area contributed by atoms with E-state index in [1.165, 1.54) is 36.4 Å². The summed E-state index contributed by atoms with van der Waals surface area (Å²) in [6.45, 7) is 0. The zero-order valence-electron chi connectivity index (χ0n) is 14.3. The van der Waals surface area contributed by atoms with Crippen molar-refractivity contribution >= 4 is 26.5 Å². The van der Waals surface area contributed by atoms with E-state index in [9.17, 15) is 26.0 Å². The third-order valence-electron chi connectivity index (χ3n) is 4.10. The summed E-state index contributed by atoms with van der Waals surface area (Å²) < 4.78 is 87.5. The Bertz CT molecular complexity index is 1240. The summed E-state index contributed by atoms with van der Waals surface area (Å²) in [5.41, 5.74) is 0.321. The molecule has 1 aliphatic heterocycles. The van der Waals surface area contributed by atoms with Crippen LogP contribution >= 0.6 is 11.8 Å². The number of hydrogen-bond acceptors (Lipinski definition) is 4. The Hall–Kier alpha value is -2.78. The second-order valence-corrected chi connectivity index (χ2v) is 8.79. The van der Waals surface area contributed by atoms with Crippen molar-refractivity contribution < 1.29 is 30.7 Å². The molecule has 0 N–H and O–H groups in total. The molecule has 0 aliphatic carbocycles. The molecule has 0 radical (unpaired) electrons. The van der Waals surface area contributed by atoms with Crippen molar-refractivity contribution in [1.29, 1.82) is 0 Å². The van der Waals surface area contributed by atoms with E-state index in [1.807, 2.05) is 0 Å². The van der Waals surface area contributed by atoms with Crippen molar-refractivity contribution in [3.8, 4) is 5.75 Å². The molecule has 0 bridgehead atoms. The van der Waals surface area contributed by atoms with E-state index < -0.39 is 48.8 Å². The lowest BCUT2D eigenvalue weighted by atomic mass is 10.2. The van der Waals surface area contributed by atoms with Crippen LogP contribution in [-0.4, -0.2) is 8.42 Å². The highest BCUT2D eigenvalue weighted by Gasteiger charge is 2.38. The van der Waals surface area contributed by atoms with Crippen LogP contribution in [-0.2, 0) is 9.84 Å². The largest absolute Gasteiger partial charge is 0.439 e. The molecule has 3 aromatic carbocycles. The van der Waals surface area contributed by atoms with Gasteiger partial charge in [-0.1, -0.05) is 60.3 Å². The molecule has 0 fully saturated rings. The van der Waals surface area contributed by atoms with Crippen molar-refractivity contribution in [2.75, 3.05) is 0 Å². The molecule has 0 spiro atoms. The molecule has 3 aromatic rings. The van der Waals surface area contributed by atoms with Gasteiger partial charge in [0, 0.05) is 0 Å². The van der Waals surface area contributed by atoms with Gasteiger partial charge in [0.25, 0.3) is 0 Å². The minimum absolute atomic E-state index is 0.0775. The summed E-state index contributed by atoms with van der Waals surface area (Å²) in [6.07, 6.45) is 0. The van der Waals surface area contributed by atoms with E-state index in [0.717, 1.165) is 0 Å². The molecule has 0 saturated heterocycles. The van der Waals surface area contributed by atoms with Crippen LogP contribution in [0.2, 0.25) is 0 Å². The zero-order valence-corrected chi connectivity index (χ0v) is 16.0. The molecule has 29 heavy (non-hydrogen) atoms. The fourth-order valence-corrected chi connectivity index (χ4v) is 5.43. The van der Waals surface area contributed by atoms with Crippen LogP contribution < -0.4 is 4.74 Å². The molecule has 9 heteroatoms. The van der Waals surface area contributed by atoms with E-state index >= 15 is 0 Å². The lowest BCUT2D eigenvalue weighted by Crippen LogP contribution is -2.17. The Balaban J connectivity index is 2.00. The van der Waals surface area contributed by atoms with E-state index in [2.05, 4.69) is 0 Å². The molecule has 1 aliphatic rings. The number of halogens is 4. The van der Waals surface area contributed by atoms with Gasteiger partial charge in [-0.15, -0.1) is 0 Å². The molecule has 0 aromatic heterocycles. The molecular weight excluding hydrogens is 428 g/mol. The SMILES string of the molecule is O=S(=O)(C1=C(c2ccccc2)Sc2c(F)c(F)c(F)c(F)c2O1)c1ccccc1. The smallest absolute Gasteiger partial charge is 0.240 e. The van der Waals surface area contributed by atoms with Crippen LogP contribution in [0.1, 0.15) is 5.56 Å². The van der Waals surface area contributed by atoms with Gasteiger partial charge in [0.1, 0.15) is 0 Å². The average Bonchev–Trinajstić information content (AvgIpc) is 2.76.